The Morgan fingerprint density at radius 2 is 1.31 bits per heavy atom. The molecule has 0 radical (unpaired) electrons. The van der Waals surface area contributed by atoms with Gasteiger partial charge in [0.1, 0.15) is 5.75 Å². The van der Waals surface area contributed by atoms with Gasteiger partial charge in [-0.25, -0.2) is 0 Å². The first-order valence-corrected chi connectivity index (χ1v) is 22.1. The van der Waals surface area contributed by atoms with Crippen LogP contribution in [0.4, 0.5) is 11.4 Å². The Balaban J connectivity index is 0.00000684. The van der Waals surface area contributed by atoms with Crippen LogP contribution in [0.1, 0.15) is 97.8 Å². The van der Waals surface area contributed by atoms with Crippen molar-refractivity contribution in [3.05, 3.63) is 209 Å². The van der Waals surface area contributed by atoms with Crippen molar-refractivity contribution in [2.24, 2.45) is 0 Å². The molecule has 1 N–H and O–H groups in total. The standard InChI is InChI=1S/C60H57N3O.Pt/c1-38(2)46-35-52(39(3)4)58(64)54(36-46)59(61)63(57-28-23-40(5)31-53(57)44-24-26-50(27-25-44)60(7,8)9)56-22-16-21-51(41(56)6)48-32-47(43-19-14-11-15-20-43)33-49(34-48)55-37-45(29-30-62-55)42-17-12-10-13-18-42;/h10-33,35-39,64H,1-9H3;/q-2;+2/i5D3;. The van der Waals surface area contributed by atoms with E-state index in [0.717, 1.165) is 72.5 Å². The molecular formula is C60H57N3OPt. The number of pyridine rings is 1. The van der Waals surface area contributed by atoms with Gasteiger partial charge in [-0.3, -0.25) is 4.98 Å². The van der Waals surface area contributed by atoms with Crippen LogP contribution in [0.3, 0.4) is 0 Å². The number of amidine groups is 1. The van der Waals surface area contributed by atoms with Gasteiger partial charge in [-0.2, -0.15) is 0 Å². The van der Waals surface area contributed by atoms with E-state index >= 15 is 0 Å². The molecule has 0 saturated heterocycles. The number of nitrogens with zero attached hydrogens (tertiary/aromatic N) is 3. The summed E-state index contributed by atoms with van der Waals surface area (Å²) in [4.78, 5) is 6.63. The van der Waals surface area contributed by atoms with Crippen LogP contribution >= 0.6 is 0 Å². The molecule has 0 aliphatic rings. The molecule has 0 aliphatic carbocycles. The van der Waals surface area contributed by atoms with Gasteiger partial charge in [0.25, 0.3) is 0 Å². The van der Waals surface area contributed by atoms with Crippen LogP contribution in [0.2, 0.25) is 0 Å². The molecule has 0 atom stereocenters. The molecule has 0 saturated carbocycles. The summed E-state index contributed by atoms with van der Waals surface area (Å²) >= 11 is 0. The Labute approximate surface area is 405 Å². The smallest absolute Gasteiger partial charge is 0.507 e. The maximum atomic E-state index is 13.1. The number of phenolic OH excluding ortho intramolecular Hbond substituents is 1. The van der Waals surface area contributed by atoms with E-state index in [9.17, 15) is 10.5 Å². The second kappa shape index (κ2) is 19.4. The van der Waals surface area contributed by atoms with Crippen molar-refractivity contribution in [1.82, 2.24) is 4.98 Å². The second-order valence-electron chi connectivity index (χ2n) is 18.3. The van der Waals surface area contributed by atoms with Crippen molar-refractivity contribution < 1.29 is 30.3 Å². The fourth-order valence-corrected chi connectivity index (χ4v) is 8.41. The van der Waals surface area contributed by atoms with E-state index in [0.29, 0.717) is 16.9 Å². The third-order valence-corrected chi connectivity index (χ3v) is 12.2. The average molecular weight is 1030 g/mol. The van der Waals surface area contributed by atoms with E-state index in [1.165, 1.54) is 0 Å². The Bertz CT molecular complexity index is 3080. The molecule has 8 aromatic rings. The molecule has 1 aromatic heterocycles. The normalized spacial score (nSPS) is 12.3. The zero-order chi connectivity index (χ0) is 47.8. The molecule has 65 heavy (non-hydrogen) atoms. The summed E-state index contributed by atoms with van der Waals surface area (Å²) in [6, 6.07) is 55.8. The van der Waals surface area contributed by atoms with Gasteiger partial charge in [-0.05, 0) is 105 Å². The van der Waals surface area contributed by atoms with Gasteiger partial charge in [0.2, 0.25) is 0 Å². The van der Waals surface area contributed by atoms with Gasteiger partial charge in [-0.1, -0.05) is 210 Å². The molecule has 0 spiro atoms. The molecule has 0 aliphatic heterocycles. The number of hydrogen-bond acceptors (Lipinski definition) is 2. The van der Waals surface area contributed by atoms with E-state index in [4.69, 9.17) is 9.10 Å². The van der Waals surface area contributed by atoms with E-state index < -0.39 is 6.85 Å². The largest absolute Gasteiger partial charge is 2.00 e. The van der Waals surface area contributed by atoms with Gasteiger partial charge in [-0.15, -0.1) is 23.8 Å². The monoisotopic (exact) mass is 1030 g/mol. The third kappa shape index (κ3) is 9.85. The number of benzene rings is 7. The molecule has 4 nitrogen and oxygen atoms in total. The number of phenols is 1. The molecule has 0 amide bonds. The SMILES string of the molecule is [2H]C([2H])([2H])c1ccc(N(C(=[N-])c2cc(C(C)C)cc(C(C)C)c2O)c2cccc(-c3[c-]c(-c4cc(-c5ccccc5)ccn4)cc(-c4ccccc4)c3)c2C)c(-c2ccc(C(C)(C)C)cc2)c1.[Pt+2]. The first kappa shape index (κ1) is 42.6. The molecule has 0 fully saturated rings. The van der Waals surface area contributed by atoms with E-state index in [-0.39, 0.29) is 61.0 Å². The fraction of sp³-hybridized carbons (Fsp3) is 0.200. The van der Waals surface area contributed by atoms with Crippen LogP contribution in [0.25, 0.3) is 61.2 Å². The molecule has 5 heteroatoms. The first-order chi connectivity index (χ1) is 31.9. The van der Waals surface area contributed by atoms with Crippen molar-refractivity contribution in [2.75, 3.05) is 4.90 Å². The van der Waals surface area contributed by atoms with Crippen molar-refractivity contribution in [3.8, 4) is 61.5 Å². The Morgan fingerprint density at radius 3 is 1.94 bits per heavy atom. The van der Waals surface area contributed by atoms with Crippen LogP contribution in [0, 0.1) is 19.8 Å². The Kier molecular flexibility index (Phi) is 12.7. The van der Waals surface area contributed by atoms with Gasteiger partial charge in [0, 0.05) is 21.6 Å². The van der Waals surface area contributed by atoms with Crippen LogP contribution in [-0.2, 0) is 26.5 Å². The average Bonchev–Trinajstić information content (AvgIpc) is 3.32. The van der Waals surface area contributed by atoms with Crippen LogP contribution in [0.15, 0.2) is 164 Å². The van der Waals surface area contributed by atoms with Crippen LogP contribution in [-0.4, -0.2) is 15.9 Å². The van der Waals surface area contributed by atoms with Crippen molar-refractivity contribution >= 4 is 17.2 Å². The van der Waals surface area contributed by atoms with Crippen LogP contribution in [0.5, 0.6) is 5.75 Å². The fourth-order valence-electron chi connectivity index (χ4n) is 8.41. The van der Waals surface area contributed by atoms with Crippen molar-refractivity contribution in [1.29, 1.82) is 0 Å². The minimum absolute atomic E-state index is 0. The predicted octanol–water partition coefficient (Wildman–Crippen LogP) is 16.2. The summed E-state index contributed by atoms with van der Waals surface area (Å²) in [5.41, 5.74) is 14.0. The second-order valence-corrected chi connectivity index (χ2v) is 18.3. The number of aromatic hydroxyl groups is 1. The molecule has 1 heterocycles. The number of anilines is 2. The third-order valence-electron chi connectivity index (χ3n) is 12.2. The summed E-state index contributed by atoms with van der Waals surface area (Å²) in [5.74, 6) is -0.141. The Hall–Kier alpha value is -6.35. The molecular weight excluding hydrogens is 974 g/mol. The maximum absolute atomic E-state index is 13.1. The van der Waals surface area contributed by atoms with Crippen LogP contribution < -0.4 is 4.90 Å². The molecule has 328 valence electrons. The van der Waals surface area contributed by atoms with Crippen molar-refractivity contribution in [2.45, 2.75) is 79.5 Å². The van der Waals surface area contributed by atoms with Gasteiger partial charge >= 0.3 is 21.1 Å². The minimum Gasteiger partial charge on any atom is -0.507 e. The molecule has 7 aromatic carbocycles. The van der Waals surface area contributed by atoms with E-state index in [2.05, 4.69) is 101 Å². The summed E-state index contributed by atoms with van der Waals surface area (Å²) in [6.07, 6.45) is 1.84. The van der Waals surface area contributed by atoms with Gasteiger partial charge < -0.3 is 15.4 Å². The Morgan fingerprint density at radius 1 is 0.646 bits per heavy atom. The van der Waals surface area contributed by atoms with Gasteiger partial charge in [0.05, 0.1) is 0 Å². The minimum atomic E-state index is -2.39. The number of aromatic nitrogens is 1. The van der Waals surface area contributed by atoms with E-state index in [1.54, 1.807) is 23.1 Å². The maximum Gasteiger partial charge on any atom is 2.00 e. The summed E-state index contributed by atoms with van der Waals surface area (Å²) in [5, 5.41) is 25.2. The number of rotatable bonds is 10. The number of hydrogen-bond donors (Lipinski definition) is 1. The molecule has 0 bridgehead atoms. The van der Waals surface area contributed by atoms with Crippen molar-refractivity contribution in [3.63, 3.8) is 0 Å². The quantitative estimate of drug-likeness (QED) is 0.0843. The van der Waals surface area contributed by atoms with Gasteiger partial charge in [0.15, 0.2) is 0 Å². The zero-order valence-corrected chi connectivity index (χ0v) is 40.6. The number of aryl methyl sites for hydroxylation is 1. The predicted molar refractivity (Wildman–Crippen MR) is 271 cm³/mol. The summed E-state index contributed by atoms with van der Waals surface area (Å²) in [6.45, 7) is 14.4. The molecule has 8 rings (SSSR count). The molecule has 0 unspecified atom stereocenters. The van der Waals surface area contributed by atoms with E-state index in [1.807, 2.05) is 106 Å². The topological polar surface area (TPSA) is 58.7 Å². The summed E-state index contributed by atoms with van der Waals surface area (Å²) < 4.78 is 25.4. The summed E-state index contributed by atoms with van der Waals surface area (Å²) in [7, 11) is 0. The zero-order valence-electron chi connectivity index (χ0n) is 41.3. The first-order valence-electron chi connectivity index (χ1n) is 23.6.